The summed E-state index contributed by atoms with van der Waals surface area (Å²) in [6.07, 6.45) is 1.74. The molecule has 0 amide bonds. The number of nitrogens with zero attached hydrogens (tertiary/aromatic N) is 2. The lowest BCUT2D eigenvalue weighted by Gasteiger charge is -2.12. The number of benzene rings is 2. The molecule has 0 atom stereocenters. The normalized spacial score (nSPS) is 11.0. The van der Waals surface area contributed by atoms with Crippen LogP contribution >= 0.6 is 0 Å². The van der Waals surface area contributed by atoms with Crippen LogP contribution in [-0.4, -0.2) is 30.8 Å². The van der Waals surface area contributed by atoms with Crippen LogP contribution in [0.5, 0.6) is 0 Å². The van der Waals surface area contributed by atoms with Crippen LogP contribution < -0.4 is 0 Å². The first kappa shape index (κ1) is 19.6. The summed E-state index contributed by atoms with van der Waals surface area (Å²) in [7, 11) is 1.93. The van der Waals surface area contributed by atoms with Crippen LogP contribution in [0, 0.1) is 25.5 Å². The lowest BCUT2D eigenvalue weighted by Crippen LogP contribution is -2.14. The van der Waals surface area contributed by atoms with Gasteiger partial charge < -0.3 is 9.64 Å². The van der Waals surface area contributed by atoms with E-state index in [0.29, 0.717) is 11.1 Å². The average molecular weight is 360 g/mol. The van der Waals surface area contributed by atoms with Gasteiger partial charge in [-0.15, -0.1) is 0 Å². The van der Waals surface area contributed by atoms with Gasteiger partial charge in [-0.3, -0.25) is 0 Å². The number of halogens is 2. The van der Waals surface area contributed by atoms with Crippen molar-refractivity contribution in [2.24, 2.45) is 4.99 Å². The van der Waals surface area contributed by atoms with Crippen molar-refractivity contribution in [1.82, 2.24) is 4.90 Å². The van der Waals surface area contributed by atoms with E-state index < -0.39 is 17.6 Å². The third-order valence-corrected chi connectivity index (χ3v) is 4.01. The molecule has 0 N–H and O–H groups in total. The van der Waals surface area contributed by atoms with Crippen molar-refractivity contribution in [2.75, 3.05) is 13.6 Å². The Morgan fingerprint density at radius 1 is 1.15 bits per heavy atom. The highest BCUT2D eigenvalue weighted by Gasteiger charge is 2.14. The molecule has 0 aromatic heterocycles. The van der Waals surface area contributed by atoms with Gasteiger partial charge in [0.1, 0.15) is 6.61 Å². The van der Waals surface area contributed by atoms with Crippen LogP contribution in [0.15, 0.2) is 35.3 Å². The Morgan fingerprint density at radius 2 is 1.88 bits per heavy atom. The fourth-order valence-electron chi connectivity index (χ4n) is 2.26. The Labute approximate surface area is 152 Å². The second-order valence-electron chi connectivity index (χ2n) is 6.10. The minimum Gasteiger partial charge on any atom is -0.457 e. The molecule has 0 heterocycles. The van der Waals surface area contributed by atoms with Crippen LogP contribution in [0.1, 0.15) is 34.0 Å². The summed E-state index contributed by atoms with van der Waals surface area (Å²) in [5.74, 6) is -2.42. The number of aliphatic imine (C=N–C) groups is 1. The Hall–Kier alpha value is -2.76. The summed E-state index contributed by atoms with van der Waals surface area (Å²) in [6, 6.07) is 6.95. The van der Waals surface area contributed by atoms with Crippen molar-refractivity contribution in [3.8, 4) is 0 Å². The van der Waals surface area contributed by atoms with E-state index in [1.807, 2.05) is 31.9 Å². The summed E-state index contributed by atoms with van der Waals surface area (Å²) in [5, 5.41) is 0. The summed E-state index contributed by atoms with van der Waals surface area (Å²) in [6.45, 7) is 6.40. The van der Waals surface area contributed by atoms with Crippen molar-refractivity contribution in [1.29, 1.82) is 0 Å². The van der Waals surface area contributed by atoms with Gasteiger partial charge in [0, 0.05) is 13.6 Å². The highest BCUT2D eigenvalue weighted by Crippen LogP contribution is 2.24. The van der Waals surface area contributed by atoms with Crippen LogP contribution in [0.3, 0.4) is 0 Å². The number of esters is 1. The van der Waals surface area contributed by atoms with Crippen LogP contribution in [-0.2, 0) is 11.3 Å². The third kappa shape index (κ3) is 4.88. The van der Waals surface area contributed by atoms with E-state index in [4.69, 9.17) is 4.74 Å². The molecule has 0 aliphatic rings. The zero-order valence-corrected chi connectivity index (χ0v) is 15.3. The molecule has 0 saturated heterocycles. The molecule has 4 nitrogen and oxygen atoms in total. The first-order valence-corrected chi connectivity index (χ1v) is 8.28. The zero-order valence-electron chi connectivity index (χ0n) is 15.3. The highest BCUT2D eigenvalue weighted by atomic mass is 19.2. The molecule has 0 aliphatic carbocycles. The molecular weight excluding hydrogens is 338 g/mol. The van der Waals surface area contributed by atoms with Gasteiger partial charge in [0.2, 0.25) is 0 Å². The summed E-state index contributed by atoms with van der Waals surface area (Å²) >= 11 is 0. The number of ether oxygens (including phenoxy) is 1. The summed E-state index contributed by atoms with van der Waals surface area (Å²) in [5.41, 5.74) is 3.16. The Morgan fingerprint density at radius 3 is 2.54 bits per heavy atom. The maximum atomic E-state index is 13.2. The predicted octanol–water partition coefficient (Wildman–Crippen LogP) is 4.55. The number of hydrogen-bond donors (Lipinski definition) is 0. The molecular formula is C20H22F2N2O2. The second-order valence-corrected chi connectivity index (χ2v) is 6.10. The smallest absolute Gasteiger partial charge is 0.338 e. The van der Waals surface area contributed by atoms with E-state index >= 15 is 0 Å². The van der Waals surface area contributed by atoms with Gasteiger partial charge in [0.25, 0.3) is 0 Å². The molecule has 0 unspecified atom stereocenters. The standard InChI is InChI=1S/C20H22F2N2O2/c1-5-24(4)12-23-19-9-13(2)16(8-14(19)3)20(25)26-11-15-6-7-17(21)18(22)10-15/h6-10,12H,5,11H2,1-4H3/b23-12+. The van der Waals surface area contributed by atoms with Crippen LogP contribution in [0.2, 0.25) is 0 Å². The van der Waals surface area contributed by atoms with Crippen molar-refractivity contribution >= 4 is 18.0 Å². The molecule has 0 saturated carbocycles. The molecule has 0 fully saturated rings. The largest absolute Gasteiger partial charge is 0.457 e. The maximum Gasteiger partial charge on any atom is 0.338 e. The molecule has 0 aliphatic heterocycles. The molecule has 2 aromatic rings. The SMILES string of the molecule is CCN(C)/C=N/c1cc(C)c(C(=O)OCc2ccc(F)c(F)c2)cc1C. The van der Waals surface area contributed by atoms with Crippen molar-refractivity contribution in [3.05, 3.63) is 64.2 Å². The fraction of sp³-hybridized carbons (Fsp3) is 0.300. The van der Waals surface area contributed by atoms with Gasteiger partial charge in [-0.05, 0) is 61.7 Å². The van der Waals surface area contributed by atoms with Gasteiger partial charge in [-0.25, -0.2) is 18.6 Å². The Bertz CT molecular complexity index is 835. The van der Waals surface area contributed by atoms with E-state index in [-0.39, 0.29) is 6.61 Å². The monoisotopic (exact) mass is 360 g/mol. The van der Waals surface area contributed by atoms with Gasteiger partial charge in [-0.1, -0.05) is 6.07 Å². The van der Waals surface area contributed by atoms with Crippen molar-refractivity contribution in [2.45, 2.75) is 27.4 Å². The average Bonchev–Trinajstić information content (AvgIpc) is 2.62. The number of hydrogen-bond acceptors (Lipinski definition) is 3. The maximum absolute atomic E-state index is 13.2. The first-order valence-electron chi connectivity index (χ1n) is 8.28. The molecule has 0 spiro atoms. The number of aryl methyl sites for hydroxylation is 2. The van der Waals surface area contributed by atoms with E-state index in [9.17, 15) is 13.6 Å². The molecule has 2 aromatic carbocycles. The van der Waals surface area contributed by atoms with E-state index in [2.05, 4.69) is 4.99 Å². The lowest BCUT2D eigenvalue weighted by molar-refractivity contribution is 0.0471. The fourth-order valence-corrected chi connectivity index (χ4v) is 2.26. The first-order chi connectivity index (χ1) is 12.3. The van der Waals surface area contributed by atoms with Crippen LogP contribution in [0.25, 0.3) is 0 Å². The molecule has 138 valence electrons. The quantitative estimate of drug-likeness (QED) is 0.431. The van der Waals surface area contributed by atoms with E-state index in [1.54, 1.807) is 19.3 Å². The van der Waals surface area contributed by atoms with Gasteiger partial charge >= 0.3 is 5.97 Å². The minimum absolute atomic E-state index is 0.129. The topological polar surface area (TPSA) is 41.9 Å². The van der Waals surface area contributed by atoms with Gasteiger partial charge in [-0.2, -0.15) is 0 Å². The zero-order chi connectivity index (χ0) is 19.3. The van der Waals surface area contributed by atoms with E-state index in [0.717, 1.165) is 35.5 Å². The number of carbonyl (C=O) groups excluding carboxylic acids is 1. The van der Waals surface area contributed by atoms with E-state index in [1.165, 1.54) is 6.07 Å². The molecule has 2 rings (SSSR count). The third-order valence-electron chi connectivity index (χ3n) is 4.01. The Balaban J connectivity index is 2.12. The lowest BCUT2D eigenvalue weighted by atomic mass is 10.0. The van der Waals surface area contributed by atoms with Gasteiger partial charge in [0.05, 0.1) is 17.6 Å². The van der Waals surface area contributed by atoms with Crippen molar-refractivity contribution in [3.63, 3.8) is 0 Å². The minimum atomic E-state index is -0.968. The predicted molar refractivity (Wildman–Crippen MR) is 97.8 cm³/mol. The van der Waals surface area contributed by atoms with Gasteiger partial charge in [0.15, 0.2) is 11.6 Å². The second kappa shape index (κ2) is 8.56. The van der Waals surface area contributed by atoms with Crippen LogP contribution in [0.4, 0.5) is 14.5 Å². The number of carbonyl (C=O) groups is 1. The molecule has 6 heteroatoms. The number of rotatable bonds is 6. The highest BCUT2D eigenvalue weighted by molar-refractivity contribution is 5.92. The summed E-state index contributed by atoms with van der Waals surface area (Å²) in [4.78, 5) is 18.7. The van der Waals surface area contributed by atoms with Crippen molar-refractivity contribution < 1.29 is 18.3 Å². The molecule has 0 bridgehead atoms. The molecule has 26 heavy (non-hydrogen) atoms. The Kier molecular flexibility index (Phi) is 6.44. The summed E-state index contributed by atoms with van der Waals surface area (Å²) < 4.78 is 31.4. The molecule has 0 radical (unpaired) electrons.